The van der Waals surface area contributed by atoms with E-state index in [2.05, 4.69) is 77.7 Å². The second kappa shape index (κ2) is 8.08. The maximum absolute atomic E-state index is 9.02. The van der Waals surface area contributed by atoms with Crippen molar-refractivity contribution in [3.63, 3.8) is 0 Å². The van der Waals surface area contributed by atoms with E-state index in [0.717, 1.165) is 21.9 Å². The third-order valence-corrected chi connectivity index (χ3v) is 7.31. The zero-order valence-corrected chi connectivity index (χ0v) is 18.0. The second-order valence-corrected chi connectivity index (χ2v) is 9.08. The molecule has 0 N–H and O–H groups in total. The molecule has 0 unspecified atom stereocenters. The lowest BCUT2D eigenvalue weighted by Gasteiger charge is -2.25. The van der Waals surface area contributed by atoms with E-state index in [1.807, 2.05) is 24.3 Å². The van der Waals surface area contributed by atoms with E-state index in [-0.39, 0.29) is 5.57 Å². The highest BCUT2D eigenvalue weighted by Crippen LogP contribution is 2.43. The second-order valence-electron chi connectivity index (χ2n) is 6.91. The zero-order valence-electron chi connectivity index (χ0n) is 16.3. The first-order valence-electron chi connectivity index (χ1n) is 9.65. The van der Waals surface area contributed by atoms with Gasteiger partial charge in [-0.3, -0.25) is 0 Å². The molecule has 2 aromatic heterocycles. The average molecular weight is 434 g/mol. The molecule has 0 amide bonds. The summed E-state index contributed by atoms with van der Waals surface area (Å²) >= 11 is 3.35. The fraction of sp³-hybridized carbons (Fsp3) is 0. The molecule has 0 radical (unpaired) electrons. The van der Waals surface area contributed by atoms with Crippen LogP contribution < -0.4 is 4.90 Å². The summed E-state index contributed by atoms with van der Waals surface area (Å²) in [6, 6.07) is 33.2. The Balaban J connectivity index is 1.62. The van der Waals surface area contributed by atoms with E-state index < -0.39 is 0 Å². The van der Waals surface area contributed by atoms with Crippen molar-refractivity contribution in [2.24, 2.45) is 0 Å². The van der Waals surface area contributed by atoms with Gasteiger partial charge in [0, 0.05) is 36.7 Å². The van der Waals surface area contributed by atoms with E-state index in [1.54, 1.807) is 28.7 Å². The third-order valence-electron chi connectivity index (χ3n) is 4.96. The molecular formula is C26H15N3S2. The topological polar surface area (TPSA) is 50.8 Å². The van der Waals surface area contributed by atoms with Crippen molar-refractivity contribution in [2.75, 3.05) is 4.90 Å². The highest BCUT2D eigenvalue weighted by molar-refractivity contribution is 7.33. The molecule has 0 fully saturated rings. The van der Waals surface area contributed by atoms with E-state index in [1.165, 1.54) is 19.5 Å². The molecule has 31 heavy (non-hydrogen) atoms. The molecule has 0 aliphatic carbocycles. The van der Waals surface area contributed by atoms with Crippen molar-refractivity contribution >= 4 is 65.3 Å². The molecule has 0 bridgehead atoms. The fourth-order valence-corrected chi connectivity index (χ4v) is 6.11. The molecule has 0 saturated carbocycles. The van der Waals surface area contributed by atoms with E-state index in [0.29, 0.717) is 0 Å². The Labute approximate surface area is 188 Å². The largest absolute Gasteiger partial charge is 0.310 e. The molecule has 5 aromatic rings. The molecule has 146 valence electrons. The Hall–Kier alpha value is -3.90. The van der Waals surface area contributed by atoms with Crippen LogP contribution in [0.1, 0.15) is 4.88 Å². The van der Waals surface area contributed by atoms with E-state index in [4.69, 9.17) is 10.5 Å². The van der Waals surface area contributed by atoms with Crippen molar-refractivity contribution in [3.8, 4) is 12.1 Å². The first-order chi connectivity index (χ1) is 15.3. The van der Waals surface area contributed by atoms with Gasteiger partial charge in [0.15, 0.2) is 0 Å². The summed E-state index contributed by atoms with van der Waals surface area (Å²) < 4.78 is 3.58. The number of benzene rings is 3. The quantitative estimate of drug-likeness (QED) is 0.270. The summed E-state index contributed by atoms with van der Waals surface area (Å²) in [4.78, 5) is 3.19. The van der Waals surface area contributed by atoms with Gasteiger partial charge in [-0.05, 0) is 48.5 Å². The lowest BCUT2D eigenvalue weighted by Crippen LogP contribution is -2.09. The Bertz CT molecular complexity index is 1440. The van der Waals surface area contributed by atoms with Crippen LogP contribution in [-0.2, 0) is 0 Å². The molecule has 5 rings (SSSR count). The van der Waals surface area contributed by atoms with Crippen molar-refractivity contribution in [1.29, 1.82) is 10.5 Å². The summed E-state index contributed by atoms with van der Waals surface area (Å²) in [5, 5.41) is 19.2. The van der Waals surface area contributed by atoms with Gasteiger partial charge >= 0.3 is 0 Å². The van der Waals surface area contributed by atoms with Crippen molar-refractivity contribution in [1.82, 2.24) is 0 Å². The zero-order chi connectivity index (χ0) is 21.2. The van der Waals surface area contributed by atoms with Gasteiger partial charge in [0.05, 0.1) is 4.70 Å². The highest BCUT2D eigenvalue weighted by atomic mass is 32.1. The van der Waals surface area contributed by atoms with E-state index in [9.17, 15) is 0 Å². The minimum Gasteiger partial charge on any atom is -0.310 e. The standard InChI is InChI=1S/C26H15N3S2/c27-16-18(17-28)13-22-15-25-26(30-22)23-12-11-21(14-24(23)31-25)29(19-7-3-1-4-8-19)20-9-5-2-6-10-20/h1-15H. The van der Waals surface area contributed by atoms with Crippen LogP contribution in [0, 0.1) is 22.7 Å². The Kier molecular flexibility index (Phi) is 4.98. The molecule has 3 nitrogen and oxygen atoms in total. The van der Waals surface area contributed by atoms with Gasteiger partial charge in [-0.1, -0.05) is 42.5 Å². The van der Waals surface area contributed by atoms with Crippen LogP contribution in [0.25, 0.3) is 25.6 Å². The van der Waals surface area contributed by atoms with Gasteiger partial charge in [0.25, 0.3) is 0 Å². The van der Waals surface area contributed by atoms with Crippen molar-refractivity contribution in [2.45, 2.75) is 0 Å². The summed E-state index contributed by atoms with van der Waals surface area (Å²) in [7, 11) is 0. The molecule has 0 atom stereocenters. The third kappa shape index (κ3) is 3.58. The van der Waals surface area contributed by atoms with E-state index >= 15 is 0 Å². The molecule has 0 aliphatic heterocycles. The van der Waals surface area contributed by atoms with Crippen LogP contribution in [0.2, 0.25) is 0 Å². The van der Waals surface area contributed by atoms with Gasteiger partial charge in [0.2, 0.25) is 0 Å². The monoisotopic (exact) mass is 433 g/mol. The molecule has 3 aromatic carbocycles. The molecule has 0 aliphatic rings. The summed E-state index contributed by atoms with van der Waals surface area (Å²) in [5.74, 6) is 0. The predicted molar refractivity (Wildman–Crippen MR) is 131 cm³/mol. The van der Waals surface area contributed by atoms with Crippen LogP contribution in [0.5, 0.6) is 0 Å². The minimum atomic E-state index is 0.127. The molecule has 5 heteroatoms. The number of para-hydroxylation sites is 2. The SMILES string of the molecule is N#CC(C#N)=Cc1cc2sc3cc(N(c4ccccc4)c4ccccc4)ccc3c2s1. The van der Waals surface area contributed by atoms with Gasteiger partial charge in [0.1, 0.15) is 17.7 Å². The fourth-order valence-electron chi connectivity index (χ4n) is 3.60. The van der Waals surface area contributed by atoms with Crippen molar-refractivity contribution in [3.05, 3.63) is 95.4 Å². The smallest absolute Gasteiger partial charge is 0.131 e. The van der Waals surface area contributed by atoms with Gasteiger partial charge < -0.3 is 4.90 Å². The van der Waals surface area contributed by atoms with Gasteiger partial charge in [-0.25, -0.2) is 0 Å². The maximum Gasteiger partial charge on any atom is 0.131 e. The van der Waals surface area contributed by atoms with Gasteiger partial charge in [-0.2, -0.15) is 10.5 Å². The number of rotatable bonds is 4. The summed E-state index contributed by atoms with van der Waals surface area (Å²) in [5.41, 5.74) is 3.45. The lowest BCUT2D eigenvalue weighted by molar-refractivity contribution is 1.29. The van der Waals surface area contributed by atoms with Gasteiger partial charge in [-0.15, -0.1) is 22.7 Å². The number of anilines is 3. The Morgan fingerprint density at radius 3 is 1.97 bits per heavy atom. The molecule has 2 heterocycles. The summed E-state index contributed by atoms with van der Waals surface area (Å²) in [6.45, 7) is 0. The Morgan fingerprint density at radius 2 is 1.35 bits per heavy atom. The van der Waals surface area contributed by atoms with Crippen molar-refractivity contribution < 1.29 is 0 Å². The number of allylic oxidation sites excluding steroid dienone is 1. The normalized spacial score (nSPS) is 10.5. The van der Waals surface area contributed by atoms with Crippen LogP contribution in [-0.4, -0.2) is 0 Å². The molecule has 0 saturated heterocycles. The molecule has 0 spiro atoms. The maximum atomic E-state index is 9.02. The van der Waals surface area contributed by atoms with Crippen LogP contribution >= 0.6 is 22.7 Å². The number of nitriles is 2. The lowest BCUT2D eigenvalue weighted by atomic mass is 10.1. The first kappa shape index (κ1) is 19.1. The number of hydrogen-bond donors (Lipinski definition) is 0. The number of thiophene rings is 2. The van der Waals surface area contributed by atoms with Crippen LogP contribution in [0.3, 0.4) is 0 Å². The number of fused-ring (bicyclic) bond motifs is 3. The first-order valence-corrected chi connectivity index (χ1v) is 11.3. The highest BCUT2D eigenvalue weighted by Gasteiger charge is 2.15. The summed E-state index contributed by atoms with van der Waals surface area (Å²) in [6.07, 6.45) is 1.66. The molecular weight excluding hydrogens is 418 g/mol. The minimum absolute atomic E-state index is 0.127. The predicted octanol–water partition coefficient (Wildman–Crippen LogP) is 8.02. The number of nitrogens with zero attached hydrogens (tertiary/aromatic N) is 3. The van der Waals surface area contributed by atoms with Crippen LogP contribution in [0.4, 0.5) is 17.1 Å². The van der Waals surface area contributed by atoms with Crippen LogP contribution in [0.15, 0.2) is 90.5 Å². The number of hydrogen-bond acceptors (Lipinski definition) is 5. The average Bonchev–Trinajstić information content (AvgIpc) is 3.36. The Morgan fingerprint density at radius 1 is 0.710 bits per heavy atom.